The maximum absolute atomic E-state index is 11.9. The van der Waals surface area contributed by atoms with Crippen LogP contribution in [0.5, 0.6) is 0 Å². The third-order valence-corrected chi connectivity index (χ3v) is 3.80. The van der Waals surface area contributed by atoms with Crippen molar-refractivity contribution < 1.29 is 29.1 Å². The van der Waals surface area contributed by atoms with Crippen LogP contribution in [-0.4, -0.2) is 18.0 Å². The van der Waals surface area contributed by atoms with E-state index in [2.05, 4.69) is 0 Å². The Balaban J connectivity index is 1.51. The molecule has 6 heteroatoms. The molecule has 0 aliphatic heterocycles. The van der Waals surface area contributed by atoms with Crippen molar-refractivity contribution in [3.05, 3.63) is 84.3 Å². The third kappa shape index (κ3) is 4.91. The molecule has 6 nitrogen and oxygen atoms in total. The van der Waals surface area contributed by atoms with Crippen LogP contribution in [0.3, 0.4) is 0 Å². The predicted octanol–water partition coefficient (Wildman–Crippen LogP) is 3.85. The highest BCUT2D eigenvalue weighted by Gasteiger charge is 2.33. The fourth-order valence-electron chi connectivity index (χ4n) is 2.43. The van der Waals surface area contributed by atoms with Crippen LogP contribution in [0.2, 0.25) is 0 Å². The maximum atomic E-state index is 11.9. The molecule has 0 heterocycles. The average Bonchev–Trinajstić information content (AvgIpc) is 2.72. The lowest BCUT2D eigenvalue weighted by Gasteiger charge is -2.26. The van der Waals surface area contributed by atoms with Crippen molar-refractivity contribution in [1.82, 2.24) is 0 Å². The molecule has 3 rings (SSSR count). The Bertz CT molecular complexity index is 652. The zero-order valence-corrected chi connectivity index (χ0v) is 14.0. The second-order valence-corrected chi connectivity index (χ2v) is 5.67. The first-order valence-electron chi connectivity index (χ1n) is 8.29. The molecule has 0 spiro atoms. The molecule has 0 saturated heterocycles. The normalized spacial score (nSPS) is 17.5. The molecule has 0 N–H and O–H groups in total. The van der Waals surface area contributed by atoms with Gasteiger partial charge in [0.25, 0.3) is 0 Å². The van der Waals surface area contributed by atoms with E-state index in [0.717, 1.165) is 12.8 Å². The Morgan fingerprint density at radius 2 is 1.38 bits per heavy atom. The monoisotopic (exact) mass is 354 g/mol. The molecule has 1 aliphatic carbocycles. The fraction of sp³-hybridized carbons (Fsp3) is 0.200. The molecule has 1 atom stereocenters. The fourth-order valence-corrected chi connectivity index (χ4v) is 2.43. The number of rotatable bonds is 6. The van der Waals surface area contributed by atoms with Gasteiger partial charge in [0, 0.05) is 0 Å². The largest absolute Gasteiger partial charge is 0.373 e. The summed E-state index contributed by atoms with van der Waals surface area (Å²) in [5, 5.41) is 0. The summed E-state index contributed by atoms with van der Waals surface area (Å²) >= 11 is 0. The van der Waals surface area contributed by atoms with Gasteiger partial charge in [-0.3, -0.25) is 9.78 Å². The molecule has 2 radical (unpaired) electrons. The van der Waals surface area contributed by atoms with E-state index in [0.29, 0.717) is 23.7 Å². The number of carbonyl (C=O) groups is 2. The molecule has 1 aliphatic rings. The Morgan fingerprint density at radius 1 is 0.808 bits per heavy atom. The SMILES string of the molecule is O=C(OO[C]1CCC[CH]C1OOC(=O)c1ccccc1)c1ccccc1. The highest BCUT2D eigenvalue weighted by Crippen LogP contribution is 2.29. The minimum absolute atomic E-state index is 0.376. The topological polar surface area (TPSA) is 71.1 Å². The summed E-state index contributed by atoms with van der Waals surface area (Å²) in [6.07, 6.45) is 3.61. The summed E-state index contributed by atoms with van der Waals surface area (Å²) in [6.45, 7) is 0. The Hall–Kier alpha value is -2.70. The highest BCUT2D eigenvalue weighted by molar-refractivity contribution is 5.89. The van der Waals surface area contributed by atoms with Crippen LogP contribution in [0, 0.1) is 12.5 Å². The van der Waals surface area contributed by atoms with Crippen LogP contribution in [-0.2, 0) is 19.6 Å². The van der Waals surface area contributed by atoms with Gasteiger partial charge in [-0.1, -0.05) is 36.4 Å². The molecule has 134 valence electrons. The molecular formula is C20H18O6. The van der Waals surface area contributed by atoms with Gasteiger partial charge in [-0.25, -0.2) is 9.59 Å². The van der Waals surface area contributed by atoms with E-state index < -0.39 is 18.0 Å². The summed E-state index contributed by atoms with van der Waals surface area (Å²) in [7, 11) is 0. The lowest BCUT2D eigenvalue weighted by Crippen LogP contribution is -2.30. The lowest BCUT2D eigenvalue weighted by molar-refractivity contribution is -0.311. The Kier molecular flexibility index (Phi) is 6.35. The molecule has 1 unspecified atom stereocenters. The van der Waals surface area contributed by atoms with Crippen molar-refractivity contribution in [2.24, 2.45) is 0 Å². The van der Waals surface area contributed by atoms with E-state index in [1.807, 2.05) is 0 Å². The first kappa shape index (κ1) is 18.1. The van der Waals surface area contributed by atoms with E-state index in [9.17, 15) is 9.59 Å². The number of hydrogen-bond donors (Lipinski definition) is 0. The second kappa shape index (κ2) is 9.12. The Labute approximate surface area is 151 Å². The van der Waals surface area contributed by atoms with E-state index in [4.69, 9.17) is 19.6 Å². The summed E-state index contributed by atoms with van der Waals surface area (Å²) in [5.74, 6) is -1.21. The molecule has 26 heavy (non-hydrogen) atoms. The summed E-state index contributed by atoms with van der Waals surface area (Å²) < 4.78 is 0. The van der Waals surface area contributed by atoms with Gasteiger partial charge < -0.3 is 0 Å². The van der Waals surface area contributed by atoms with Crippen molar-refractivity contribution in [2.75, 3.05) is 0 Å². The van der Waals surface area contributed by atoms with Gasteiger partial charge in [0.2, 0.25) is 0 Å². The van der Waals surface area contributed by atoms with Crippen LogP contribution >= 0.6 is 0 Å². The van der Waals surface area contributed by atoms with Gasteiger partial charge >= 0.3 is 11.9 Å². The predicted molar refractivity (Wildman–Crippen MR) is 91.1 cm³/mol. The van der Waals surface area contributed by atoms with Crippen LogP contribution in [0.1, 0.15) is 40.0 Å². The number of carbonyl (C=O) groups excluding carboxylic acids is 2. The summed E-state index contributed by atoms with van der Waals surface area (Å²) in [4.78, 5) is 44.0. The van der Waals surface area contributed by atoms with Crippen molar-refractivity contribution in [3.63, 3.8) is 0 Å². The first-order chi connectivity index (χ1) is 12.7. The lowest BCUT2D eigenvalue weighted by atomic mass is 9.95. The van der Waals surface area contributed by atoms with E-state index in [1.165, 1.54) is 0 Å². The van der Waals surface area contributed by atoms with Gasteiger partial charge in [0.05, 0.1) is 11.1 Å². The maximum Gasteiger partial charge on any atom is 0.373 e. The van der Waals surface area contributed by atoms with Gasteiger partial charge in [0.15, 0.2) is 6.10 Å². The Morgan fingerprint density at radius 3 is 2.00 bits per heavy atom. The third-order valence-electron chi connectivity index (χ3n) is 3.80. The smallest absolute Gasteiger partial charge is 0.292 e. The molecule has 0 aromatic heterocycles. The van der Waals surface area contributed by atoms with E-state index in [-0.39, 0.29) is 0 Å². The molecule has 0 bridgehead atoms. The van der Waals surface area contributed by atoms with Gasteiger partial charge in [-0.2, -0.15) is 9.78 Å². The van der Waals surface area contributed by atoms with E-state index in [1.54, 1.807) is 67.1 Å². The van der Waals surface area contributed by atoms with Crippen LogP contribution in [0.4, 0.5) is 0 Å². The minimum Gasteiger partial charge on any atom is -0.292 e. The second-order valence-electron chi connectivity index (χ2n) is 5.67. The van der Waals surface area contributed by atoms with E-state index >= 15 is 0 Å². The first-order valence-corrected chi connectivity index (χ1v) is 8.29. The van der Waals surface area contributed by atoms with Gasteiger partial charge in [-0.15, -0.1) is 0 Å². The molecule has 2 aromatic rings. The zero-order chi connectivity index (χ0) is 18.2. The molecule has 2 aromatic carbocycles. The quantitative estimate of drug-likeness (QED) is 0.580. The average molecular weight is 354 g/mol. The standard InChI is InChI=1S/C20H18O6/c21-19(15-9-3-1-4-10-15)25-23-17-13-7-8-14-18(17)24-26-20(22)16-11-5-2-6-12-16/h1-6,9-13,17H,7-8,14H2. The van der Waals surface area contributed by atoms with Gasteiger partial charge in [0.1, 0.15) is 6.10 Å². The van der Waals surface area contributed by atoms with Gasteiger partial charge in [-0.05, 0) is 49.9 Å². The van der Waals surface area contributed by atoms with Crippen molar-refractivity contribution >= 4 is 11.9 Å². The minimum atomic E-state index is -0.694. The molecular weight excluding hydrogens is 336 g/mol. The van der Waals surface area contributed by atoms with Crippen molar-refractivity contribution in [1.29, 1.82) is 0 Å². The summed E-state index contributed by atoms with van der Waals surface area (Å²) in [5.41, 5.74) is 0.752. The molecule has 1 fully saturated rings. The van der Waals surface area contributed by atoms with Crippen LogP contribution < -0.4 is 0 Å². The summed E-state index contributed by atoms with van der Waals surface area (Å²) in [6, 6.07) is 17.0. The molecule has 1 saturated carbocycles. The number of hydrogen-bond acceptors (Lipinski definition) is 6. The van der Waals surface area contributed by atoms with Crippen molar-refractivity contribution in [2.45, 2.75) is 25.4 Å². The van der Waals surface area contributed by atoms with Crippen LogP contribution in [0.25, 0.3) is 0 Å². The van der Waals surface area contributed by atoms with Crippen molar-refractivity contribution in [3.8, 4) is 0 Å². The zero-order valence-electron chi connectivity index (χ0n) is 14.0. The molecule has 0 amide bonds. The highest BCUT2D eigenvalue weighted by atomic mass is 17.2. The number of benzene rings is 2. The van der Waals surface area contributed by atoms with Crippen LogP contribution in [0.15, 0.2) is 60.7 Å².